The van der Waals surface area contributed by atoms with E-state index in [4.69, 9.17) is 4.74 Å². The molecule has 0 aromatic heterocycles. The third-order valence-electron chi connectivity index (χ3n) is 4.47. The molecule has 1 aliphatic rings. The normalized spacial score (nSPS) is 17.1. The molecule has 1 aromatic carbocycles. The minimum Gasteiger partial charge on any atom is -0.494 e. The lowest BCUT2D eigenvalue weighted by molar-refractivity contribution is 0.150. The van der Waals surface area contributed by atoms with E-state index in [0.29, 0.717) is 5.92 Å². The van der Waals surface area contributed by atoms with Crippen LogP contribution < -0.4 is 4.74 Å². The monoisotopic (exact) mass is 304 g/mol. The van der Waals surface area contributed by atoms with E-state index in [9.17, 15) is 0 Å². The summed E-state index contributed by atoms with van der Waals surface area (Å²) in [4.78, 5) is 4.98. The lowest BCUT2D eigenvalue weighted by atomic mass is 10.0. The van der Waals surface area contributed by atoms with Crippen molar-refractivity contribution in [1.82, 2.24) is 9.80 Å². The predicted octanol–water partition coefficient (Wildman–Crippen LogP) is 3.52. The molecule has 0 saturated carbocycles. The summed E-state index contributed by atoms with van der Waals surface area (Å²) in [5.74, 6) is 1.59. The zero-order valence-corrected chi connectivity index (χ0v) is 14.8. The highest BCUT2D eigenvalue weighted by molar-refractivity contribution is 5.35. The van der Waals surface area contributed by atoms with Gasteiger partial charge >= 0.3 is 0 Å². The molecule has 124 valence electrons. The largest absolute Gasteiger partial charge is 0.494 e. The average Bonchev–Trinajstić information content (AvgIpc) is 2.48. The molecule has 3 nitrogen and oxygen atoms in total. The maximum absolute atomic E-state index is 5.96. The molecule has 0 N–H and O–H groups in total. The summed E-state index contributed by atoms with van der Waals surface area (Å²) in [6.07, 6.45) is 2.36. The standard InChI is InChI=1S/C19H32N2O/c1-16(2)18-13-17(3)14-19(15-18)22-12-6-5-7-21-10-8-20(4)9-11-21/h13-16H,5-12H2,1-4H3. The van der Waals surface area contributed by atoms with Crippen LogP contribution in [0, 0.1) is 6.92 Å². The minimum absolute atomic E-state index is 0.555. The molecule has 1 heterocycles. The van der Waals surface area contributed by atoms with E-state index in [-0.39, 0.29) is 0 Å². The van der Waals surface area contributed by atoms with Gasteiger partial charge < -0.3 is 14.5 Å². The van der Waals surface area contributed by atoms with Crippen LogP contribution in [0.2, 0.25) is 0 Å². The highest BCUT2D eigenvalue weighted by atomic mass is 16.5. The first kappa shape index (κ1) is 17.3. The first-order valence-corrected chi connectivity index (χ1v) is 8.70. The van der Waals surface area contributed by atoms with E-state index in [2.05, 4.69) is 55.8 Å². The molecule has 0 radical (unpaired) electrons. The van der Waals surface area contributed by atoms with Gasteiger partial charge in [0.15, 0.2) is 0 Å². The number of hydrogen-bond acceptors (Lipinski definition) is 3. The molecular formula is C19H32N2O. The molecule has 0 atom stereocenters. The van der Waals surface area contributed by atoms with Crippen LogP contribution in [0.25, 0.3) is 0 Å². The van der Waals surface area contributed by atoms with Gasteiger partial charge in [-0.05, 0) is 62.5 Å². The lowest BCUT2D eigenvalue weighted by Crippen LogP contribution is -2.44. The highest BCUT2D eigenvalue weighted by Crippen LogP contribution is 2.23. The molecule has 3 heteroatoms. The third kappa shape index (κ3) is 5.62. The maximum Gasteiger partial charge on any atom is 0.119 e. The summed E-state index contributed by atoms with van der Waals surface area (Å²) in [6, 6.07) is 6.59. The lowest BCUT2D eigenvalue weighted by Gasteiger charge is -2.32. The van der Waals surface area contributed by atoms with Crippen LogP contribution in [0.4, 0.5) is 0 Å². The Labute approximate surface area is 136 Å². The molecule has 22 heavy (non-hydrogen) atoms. The summed E-state index contributed by atoms with van der Waals surface area (Å²) >= 11 is 0. The van der Waals surface area contributed by atoms with Crippen molar-refractivity contribution in [2.75, 3.05) is 46.4 Å². The number of unbranched alkanes of at least 4 members (excludes halogenated alkanes) is 1. The van der Waals surface area contributed by atoms with Gasteiger partial charge in [0.05, 0.1) is 6.61 Å². The van der Waals surface area contributed by atoms with Gasteiger partial charge in [-0.25, -0.2) is 0 Å². The third-order valence-corrected chi connectivity index (χ3v) is 4.47. The smallest absolute Gasteiger partial charge is 0.119 e. The SMILES string of the molecule is Cc1cc(OCCCCN2CCN(C)CC2)cc(C(C)C)c1. The van der Waals surface area contributed by atoms with Gasteiger partial charge in [-0.1, -0.05) is 19.9 Å². The second-order valence-corrected chi connectivity index (χ2v) is 6.93. The van der Waals surface area contributed by atoms with Crippen molar-refractivity contribution < 1.29 is 4.74 Å². The number of nitrogens with zero attached hydrogens (tertiary/aromatic N) is 2. The van der Waals surface area contributed by atoms with Crippen molar-refractivity contribution >= 4 is 0 Å². The molecule has 2 rings (SSSR count). The fraction of sp³-hybridized carbons (Fsp3) is 0.684. The van der Waals surface area contributed by atoms with Gasteiger partial charge in [0.1, 0.15) is 5.75 Å². The van der Waals surface area contributed by atoms with Crippen molar-refractivity contribution in [2.45, 2.75) is 39.5 Å². The van der Waals surface area contributed by atoms with E-state index in [1.165, 1.54) is 50.3 Å². The molecule has 0 amide bonds. The summed E-state index contributed by atoms with van der Waals surface area (Å²) in [5, 5.41) is 0. The number of likely N-dealkylation sites (N-methyl/N-ethyl adjacent to an activating group) is 1. The molecular weight excluding hydrogens is 272 g/mol. The van der Waals surface area contributed by atoms with E-state index in [0.717, 1.165) is 18.8 Å². The first-order chi connectivity index (χ1) is 10.5. The number of piperazine rings is 1. The Bertz CT molecular complexity index is 451. The van der Waals surface area contributed by atoms with Crippen LogP contribution in [-0.4, -0.2) is 56.2 Å². The van der Waals surface area contributed by atoms with Gasteiger partial charge in [0.2, 0.25) is 0 Å². The Morgan fingerprint density at radius 2 is 1.77 bits per heavy atom. The van der Waals surface area contributed by atoms with E-state index in [1.807, 2.05) is 0 Å². The number of ether oxygens (including phenoxy) is 1. The molecule has 1 aliphatic heterocycles. The van der Waals surface area contributed by atoms with Crippen LogP contribution in [0.15, 0.2) is 18.2 Å². The van der Waals surface area contributed by atoms with E-state index in [1.54, 1.807) is 0 Å². The zero-order valence-electron chi connectivity index (χ0n) is 14.8. The van der Waals surface area contributed by atoms with Gasteiger partial charge in [0, 0.05) is 26.2 Å². The molecule has 0 bridgehead atoms. The Hall–Kier alpha value is -1.06. The molecule has 0 aliphatic carbocycles. The Morgan fingerprint density at radius 3 is 2.45 bits per heavy atom. The van der Waals surface area contributed by atoms with E-state index < -0.39 is 0 Å². The van der Waals surface area contributed by atoms with E-state index >= 15 is 0 Å². The predicted molar refractivity (Wildman–Crippen MR) is 93.9 cm³/mol. The fourth-order valence-corrected chi connectivity index (χ4v) is 2.89. The van der Waals surface area contributed by atoms with Gasteiger partial charge in [0.25, 0.3) is 0 Å². The van der Waals surface area contributed by atoms with Gasteiger partial charge in [-0.15, -0.1) is 0 Å². The fourth-order valence-electron chi connectivity index (χ4n) is 2.89. The maximum atomic E-state index is 5.96. The molecule has 1 saturated heterocycles. The summed E-state index contributed by atoms with van der Waals surface area (Å²) in [6.45, 7) is 13.5. The highest BCUT2D eigenvalue weighted by Gasteiger charge is 2.12. The number of aryl methyl sites for hydroxylation is 1. The van der Waals surface area contributed by atoms with Crippen LogP contribution in [0.3, 0.4) is 0 Å². The minimum atomic E-state index is 0.555. The summed E-state index contributed by atoms with van der Waals surface area (Å²) in [5.41, 5.74) is 2.66. The molecule has 0 spiro atoms. The Morgan fingerprint density at radius 1 is 1.05 bits per heavy atom. The van der Waals surface area contributed by atoms with Crippen molar-refractivity contribution in [2.24, 2.45) is 0 Å². The number of benzene rings is 1. The van der Waals surface area contributed by atoms with Crippen molar-refractivity contribution in [3.05, 3.63) is 29.3 Å². The van der Waals surface area contributed by atoms with Crippen LogP contribution in [-0.2, 0) is 0 Å². The van der Waals surface area contributed by atoms with Crippen molar-refractivity contribution in [1.29, 1.82) is 0 Å². The van der Waals surface area contributed by atoms with Crippen LogP contribution >= 0.6 is 0 Å². The zero-order chi connectivity index (χ0) is 15.9. The van der Waals surface area contributed by atoms with Crippen molar-refractivity contribution in [3.8, 4) is 5.75 Å². The van der Waals surface area contributed by atoms with Crippen LogP contribution in [0.5, 0.6) is 5.75 Å². The summed E-state index contributed by atoms with van der Waals surface area (Å²) < 4.78 is 5.96. The quantitative estimate of drug-likeness (QED) is 0.717. The second kappa shape index (κ2) is 8.54. The molecule has 1 aromatic rings. The molecule has 1 fully saturated rings. The Balaban J connectivity index is 1.66. The van der Waals surface area contributed by atoms with Crippen LogP contribution in [0.1, 0.15) is 43.7 Å². The average molecular weight is 304 g/mol. The first-order valence-electron chi connectivity index (χ1n) is 8.70. The topological polar surface area (TPSA) is 15.7 Å². The number of rotatable bonds is 7. The summed E-state index contributed by atoms with van der Waals surface area (Å²) in [7, 11) is 2.21. The van der Waals surface area contributed by atoms with Gasteiger partial charge in [-0.2, -0.15) is 0 Å². The Kier molecular flexibility index (Phi) is 6.71. The second-order valence-electron chi connectivity index (χ2n) is 6.93. The molecule has 0 unspecified atom stereocenters. The number of hydrogen-bond donors (Lipinski definition) is 0. The van der Waals surface area contributed by atoms with Crippen molar-refractivity contribution in [3.63, 3.8) is 0 Å². The van der Waals surface area contributed by atoms with Gasteiger partial charge in [-0.3, -0.25) is 0 Å².